The lowest BCUT2D eigenvalue weighted by atomic mass is 10.0. The largest absolute Gasteiger partial charge is 0.127 e. The minimum absolute atomic E-state index is 0.828. The van der Waals surface area contributed by atoms with Crippen LogP contribution in [0.25, 0.3) is 0 Å². The van der Waals surface area contributed by atoms with Gasteiger partial charge in [0.1, 0.15) is 8.07 Å². The highest BCUT2D eigenvalue weighted by Gasteiger charge is 2.33. The highest BCUT2D eigenvalue weighted by molar-refractivity contribution is 6.94. The van der Waals surface area contributed by atoms with Crippen molar-refractivity contribution in [1.82, 2.24) is 0 Å². The topological polar surface area (TPSA) is 0 Å². The van der Waals surface area contributed by atoms with Gasteiger partial charge in [-0.05, 0) is 5.54 Å². The number of hydrogen-bond donors (Lipinski definition) is 0. The van der Waals surface area contributed by atoms with Gasteiger partial charge in [-0.25, -0.2) is 0 Å². The molecule has 1 fully saturated rings. The molecule has 0 bridgehead atoms. The van der Waals surface area contributed by atoms with Gasteiger partial charge in [0.05, 0.1) is 0 Å². The summed E-state index contributed by atoms with van der Waals surface area (Å²) in [7, 11) is -1.52. The summed E-state index contributed by atoms with van der Waals surface area (Å²) < 4.78 is 0. The zero-order valence-electron chi connectivity index (χ0n) is 8.47. The molecule has 1 rings (SSSR count). The van der Waals surface area contributed by atoms with Crippen molar-refractivity contribution in [1.29, 1.82) is 0 Å². The van der Waals surface area contributed by atoms with E-state index in [4.69, 9.17) is 0 Å². The van der Waals surface area contributed by atoms with Crippen LogP contribution < -0.4 is 0 Å². The van der Waals surface area contributed by atoms with E-state index in [9.17, 15) is 0 Å². The van der Waals surface area contributed by atoms with Crippen molar-refractivity contribution < 1.29 is 0 Å². The second-order valence-corrected chi connectivity index (χ2v) is 7.99. The first-order valence-corrected chi connectivity index (χ1v) is 7.51. The molecule has 1 aliphatic rings. The van der Waals surface area contributed by atoms with E-state index in [2.05, 4.69) is 36.8 Å². The van der Waals surface area contributed by atoms with Gasteiger partial charge < -0.3 is 0 Å². The fraction of sp³-hybridized carbons (Fsp3) is 0.500. The molecule has 0 N–H and O–H groups in total. The van der Waals surface area contributed by atoms with Crippen molar-refractivity contribution in [2.45, 2.75) is 37.6 Å². The average Bonchev–Trinajstić information content (AvgIpc) is 2.23. The summed E-state index contributed by atoms with van der Waals surface area (Å²) in [5, 5.41) is 0. The van der Waals surface area contributed by atoms with Crippen LogP contribution in [0.1, 0.15) is 32.1 Å². The lowest BCUT2D eigenvalue weighted by Gasteiger charge is -2.33. The molecule has 0 aromatic carbocycles. The highest BCUT2D eigenvalue weighted by Crippen LogP contribution is 2.38. The van der Waals surface area contributed by atoms with E-state index < -0.39 is 8.07 Å². The monoisotopic (exact) mass is 192 g/mol. The maximum atomic E-state index is 3.97. The van der Waals surface area contributed by atoms with E-state index in [0.717, 1.165) is 5.54 Å². The minimum atomic E-state index is -1.52. The maximum Gasteiger partial charge on any atom is 0.127 e. The zero-order chi connectivity index (χ0) is 9.73. The normalized spacial score (nSPS) is 19.4. The molecule has 0 saturated heterocycles. The van der Waals surface area contributed by atoms with Crippen molar-refractivity contribution in [2.24, 2.45) is 0 Å². The summed E-state index contributed by atoms with van der Waals surface area (Å²) >= 11 is 0. The zero-order valence-corrected chi connectivity index (χ0v) is 9.47. The van der Waals surface area contributed by atoms with Gasteiger partial charge in [-0.15, -0.1) is 19.7 Å². The molecular weight excluding hydrogens is 172 g/mol. The smallest absolute Gasteiger partial charge is 0.106 e. The Labute approximate surface area is 83.1 Å². The Hall–Kier alpha value is -0.563. The van der Waals surface area contributed by atoms with Gasteiger partial charge in [-0.1, -0.05) is 49.2 Å². The van der Waals surface area contributed by atoms with Gasteiger partial charge in [0.25, 0.3) is 0 Å². The number of hydrogen-bond acceptors (Lipinski definition) is 0. The molecule has 0 radical (unpaired) electrons. The first-order chi connectivity index (χ1) is 6.29. The molecule has 13 heavy (non-hydrogen) atoms. The number of rotatable bonds is 4. The lowest BCUT2D eigenvalue weighted by molar-refractivity contribution is 0.496. The van der Waals surface area contributed by atoms with E-state index in [1.54, 1.807) is 0 Å². The summed E-state index contributed by atoms with van der Waals surface area (Å²) in [5.74, 6) is 0. The molecule has 0 spiro atoms. The summed E-state index contributed by atoms with van der Waals surface area (Å²) in [5.41, 5.74) is 7.25. The predicted octanol–water partition coefficient (Wildman–Crippen LogP) is 3.95. The highest BCUT2D eigenvalue weighted by atomic mass is 28.3. The third-order valence-corrected chi connectivity index (χ3v) is 7.49. The fourth-order valence-corrected chi connectivity index (χ4v) is 5.26. The summed E-state index contributed by atoms with van der Waals surface area (Å²) in [6.45, 7) is 11.9. The Morgan fingerprint density at radius 1 is 0.846 bits per heavy atom. The quantitative estimate of drug-likeness (QED) is 0.592. The van der Waals surface area contributed by atoms with Crippen molar-refractivity contribution in [2.75, 3.05) is 0 Å². The van der Waals surface area contributed by atoms with Crippen LogP contribution in [0.3, 0.4) is 0 Å². The molecular formula is C12H20Si. The molecule has 1 heteroatoms. The van der Waals surface area contributed by atoms with E-state index in [0.29, 0.717) is 0 Å². The van der Waals surface area contributed by atoms with Crippen LogP contribution >= 0.6 is 0 Å². The molecule has 0 nitrogen and oxygen atoms in total. The SMILES string of the molecule is C=C[Si](C=C)(C=C)C1CCCCC1. The van der Waals surface area contributed by atoms with Gasteiger partial charge in [0, 0.05) is 0 Å². The molecule has 1 aliphatic carbocycles. The van der Waals surface area contributed by atoms with E-state index in [1.807, 2.05) is 0 Å². The lowest BCUT2D eigenvalue weighted by Crippen LogP contribution is -2.35. The van der Waals surface area contributed by atoms with E-state index in [1.165, 1.54) is 32.1 Å². The molecule has 0 aromatic rings. The van der Waals surface area contributed by atoms with Crippen molar-refractivity contribution in [3.05, 3.63) is 36.8 Å². The Bertz CT molecular complexity index is 177. The maximum absolute atomic E-state index is 3.97. The first kappa shape index (κ1) is 10.5. The Kier molecular flexibility index (Phi) is 3.73. The van der Waals surface area contributed by atoms with Crippen LogP contribution in [0.2, 0.25) is 5.54 Å². The minimum Gasteiger partial charge on any atom is -0.106 e. The summed E-state index contributed by atoms with van der Waals surface area (Å²) in [4.78, 5) is 0. The van der Waals surface area contributed by atoms with Crippen molar-refractivity contribution in [3.63, 3.8) is 0 Å². The van der Waals surface area contributed by atoms with E-state index in [-0.39, 0.29) is 0 Å². The Balaban J connectivity index is 2.77. The van der Waals surface area contributed by atoms with Gasteiger partial charge in [0.2, 0.25) is 0 Å². The fourth-order valence-electron chi connectivity index (χ4n) is 2.35. The van der Waals surface area contributed by atoms with Gasteiger partial charge >= 0.3 is 0 Å². The van der Waals surface area contributed by atoms with Gasteiger partial charge in [0.15, 0.2) is 0 Å². The molecule has 0 aromatic heterocycles. The van der Waals surface area contributed by atoms with Crippen LogP contribution in [0.15, 0.2) is 36.8 Å². The van der Waals surface area contributed by atoms with Crippen LogP contribution in [0, 0.1) is 0 Å². The molecule has 1 saturated carbocycles. The molecule has 0 aliphatic heterocycles. The van der Waals surface area contributed by atoms with Crippen LogP contribution in [-0.4, -0.2) is 8.07 Å². The second kappa shape index (κ2) is 4.61. The van der Waals surface area contributed by atoms with Crippen molar-refractivity contribution in [3.8, 4) is 0 Å². The predicted molar refractivity (Wildman–Crippen MR) is 63.2 cm³/mol. The first-order valence-electron chi connectivity index (χ1n) is 5.20. The van der Waals surface area contributed by atoms with Crippen LogP contribution in [0.4, 0.5) is 0 Å². The molecule has 0 heterocycles. The van der Waals surface area contributed by atoms with Gasteiger partial charge in [-0.2, -0.15) is 0 Å². The standard InChI is InChI=1S/C12H20Si/c1-4-13(5-2,6-3)12-10-8-7-9-11-12/h4-6,12H,1-3,7-11H2. The molecule has 0 unspecified atom stereocenters. The second-order valence-electron chi connectivity index (χ2n) is 3.95. The third-order valence-electron chi connectivity index (χ3n) is 3.37. The Morgan fingerprint density at radius 3 is 1.69 bits per heavy atom. The molecule has 0 atom stereocenters. The third kappa shape index (κ3) is 2.02. The average molecular weight is 192 g/mol. The van der Waals surface area contributed by atoms with Crippen LogP contribution in [0.5, 0.6) is 0 Å². The summed E-state index contributed by atoms with van der Waals surface area (Å²) in [6, 6.07) is 0. The summed E-state index contributed by atoms with van der Waals surface area (Å²) in [6.07, 6.45) is 6.89. The Morgan fingerprint density at radius 2 is 1.31 bits per heavy atom. The van der Waals surface area contributed by atoms with Gasteiger partial charge in [-0.3, -0.25) is 0 Å². The molecule has 0 amide bonds. The van der Waals surface area contributed by atoms with E-state index >= 15 is 0 Å². The van der Waals surface area contributed by atoms with Crippen molar-refractivity contribution >= 4 is 8.07 Å². The molecule has 72 valence electrons. The van der Waals surface area contributed by atoms with Crippen LogP contribution in [-0.2, 0) is 0 Å².